The van der Waals surface area contributed by atoms with Gasteiger partial charge in [0.1, 0.15) is 0 Å². The van der Waals surface area contributed by atoms with Crippen LogP contribution in [0.1, 0.15) is 5.56 Å². The molecule has 2 amide bonds. The summed E-state index contributed by atoms with van der Waals surface area (Å²) in [5.74, 6) is 0. The van der Waals surface area contributed by atoms with Crippen molar-refractivity contribution in [3.8, 4) is 11.3 Å². The molecule has 0 aliphatic rings. The number of urea groups is 1. The molecule has 0 atom stereocenters. The molecule has 10 heteroatoms. The molecule has 0 aliphatic heterocycles. The highest BCUT2D eigenvalue weighted by Gasteiger charge is 2.30. The van der Waals surface area contributed by atoms with E-state index in [4.69, 9.17) is 0 Å². The SMILES string of the molecule is Cn1ncc2c(-c3ccc(NC(=O)Nc4cccc(C(F)(F)F)c4)cn3)cncc21. The largest absolute Gasteiger partial charge is 0.416 e. The Bertz CT molecular complexity index is 1220. The van der Waals surface area contributed by atoms with E-state index >= 15 is 0 Å². The van der Waals surface area contributed by atoms with E-state index in [1.165, 1.54) is 18.3 Å². The van der Waals surface area contributed by atoms with Crippen molar-refractivity contribution in [3.63, 3.8) is 0 Å². The number of nitrogens with zero attached hydrogens (tertiary/aromatic N) is 4. The molecule has 7 nitrogen and oxygen atoms in total. The molecule has 3 aromatic heterocycles. The highest BCUT2D eigenvalue weighted by Crippen LogP contribution is 2.31. The van der Waals surface area contributed by atoms with Gasteiger partial charge in [-0.2, -0.15) is 18.3 Å². The molecule has 0 bridgehead atoms. The van der Waals surface area contributed by atoms with Crippen LogP contribution in [-0.4, -0.2) is 25.8 Å². The van der Waals surface area contributed by atoms with Crippen molar-refractivity contribution in [3.05, 3.63) is 66.7 Å². The number of alkyl halides is 3. The zero-order valence-electron chi connectivity index (χ0n) is 15.6. The predicted molar refractivity (Wildman–Crippen MR) is 106 cm³/mol. The quantitative estimate of drug-likeness (QED) is 0.511. The topological polar surface area (TPSA) is 84.7 Å². The van der Waals surface area contributed by atoms with Gasteiger partial charge < -0.3 is 10.6 Å². The average molecular weight is 412 g/mol. The minimum Gasteiger partial charge on any atom is -0.308 e. The molecule has 3 heterocycles. The number of benzene rings is 1. The number of hydrogen-bond acceptors (Lipinski definition) is 4. The minimum absolute atomic E-state index is 0.0289. The fourth-order valence-corrected chi connectivity index (χ4v) is 2.96. The van der Waals surface area contributed by atoms with Gasteiger partial charge in [-0.1, -0.05) is 6.07 Å². The molecular weight excluding hydrogens is 397 g/mol. The van der Waals surface area contributed by atoms with Gasteiger partial charge in [-0.3, -0.25) is 14.6 Å². The maximum atomic E-state index is 12.8. The second-order valence-corrected chi connectivity index (χ2v) is 6.48. The third kappa shape index (κ3) is 3.93. The first kappa shape index (κ1) is 19.4. The molecule has 0 fully saturated rings. The standard InChI is InChI=1S/C20H15F3N6O/c1-29-18-11-24-9-15(16(18)10-26-29)17-6-5-14(8-25-17)28-19(30)27-13-4-2-3-12(7-13)20(21,22)23/h2-11H,1H3,(H2,27,28,30). The molecule has 4 aromatic rings. The Hall–Kier alpha value is -3.95. The van der Waals surface area contributed by atoms with Gasteiger partial charge in [0.15, 0.2) is 0 Å². The van der Waals surface area contributed by atoms with Crippen LogP contribution >= 0.6 is 0 Å². The lowest BCUT2D eigenvalue weighted by atomic mass is 10.1. The van der Waals surface area contributed by atoms with Crippen molar-refractivity contribution < 1.29 is 18.0 Å². The van der Waals surface area contributed by atoms with Crippen molar-refractivity contribution >= 4 is 28.3 Å². The van der Waals surface area contributed by atoms with Gasteiger partial charge in [-0.15, -0.1) is 0 Å². The van der Waals surface area contributed by atoms with E-state index in [2.05, 4.69) is 25.7 Å². The number of nitrogens with one attached hydrogen (secondary N) is 2. The van der Waals surface area contributed by atoms with Gasteiger partial charge in [0.05, 0.1) is 41.1 Å². The maximum Gasteiger partial charge on any atom is 0.416 e. The molecule has 4 rings (SSSR count). The van der Waals surface area contributed by atoms with Crippen LogP contribution in [0.5, 0.6) is 0 Å². The summed E-state index contributed by atoms with van der Waals surface area (Å²) in [7, 11) is 1.82. The number of anilines is 2. The number of aryl methyl sites for hydroxylation is 1. The smallest absolute Gasteiger partial charge is 0.308 e. The molecule has 2 N–H and O–H groups in total. The first-order valence-electron chi connectivity index (χ1n) is 8.79. The zero-order chi connectivity index (χ0) is 21.3. The van der Waals surface area contributed by atoms with E-state index in [1.807, 2.05) is 7.05 Å². The lowest BCUT2D eigenvalue weighted by Crippen LogP contribution is -2.20. The van der Waals surface area contributed by atoms with Crippen LogP contribution in [0.2, 0.25) is 0 Å². The number of fused-ring (bicyclic) bond motifs is 1. The number of aromatic nitrogens is 4. The Kier molecular flexibility index (Phi) is 4.82. The van der Waals surface area contributed by atoms with Crippen LogP contribution in [0.4, 0.5) is 29.3 Å². The fourth-order valence-electron chi connectivity index (χ4n) is 2.96. The highest BCUT2D eigenvalue weighted by atomic mass is 19.4. The summed E-state index contributed by atoms with van der Waals surface area (Å²) in [6, 6.07) is 7.07. The number of amides is 2. The van der Waals surface area contributed by atoms with Gasteiger partial charge in [0, 0.05) is 29.9 Å². The Morgan fingerprint density at radius 1 is 1.00 bits per heavy atom. The fraction of sp³-hybridized carbons (Fsp3) is 0.100. The van der Waals surface area contributed by atoms with Crippen molar-refractivity contribution in [1.82, 2.24) is 19.7 Å². The Balaban J connectivity index is 1.48. The van der Waals surface area contributed by atoms with E-state index in [0.717, 1.165) is 28.6 Å². The van der Waals surface area contributed by atoms with Gasteiger partial charge >= 0.3 is 12.2 Å². The molecular formula is C20H15F3N6O. The van der Waals surface area contributed by atoms with Crippen LogP contribution < -0.4 is 10.6 Å². The molecule has 0 saturated carbocycles. The van der Waals surface area contributed by atoms with Crippen LogP contribution in [-0.2, 0) is 13.2 Å². The van der Waals surface area contributed by atoms with Crippen LogP contribution in [0.15, 0.2) is 61.2 Å². The molecule has 0 aliphatic carbocycles. The summed E-state index contributed by atoms with van der Waals surface area (Å²) in [5.41, 5.74) is 1.86. The maximum absolute atomic E-state index is 12.8. The number of pyridine rings is 2. The lowest BCUT2D eigenvalue weighted by molar-refractivity contribution is -0.137. The van der Waals surface area contributed by atoms with E-state index in [-0.39, 0.29) is 5.69 Å². The number of carbonyl (C=O) groups excluding carboxylic acids is 1. The molecule has 0 unspecified atom stereocenters. The number of carbonyl (C=O) groups is 1. The molecule has 152 valence electrons. The highest BCUT2D eigenvalue weighted by molar-refractivity contribution is 6.00. The van der Waals surface area contributed by atoms with Crippen molar-refractivity contribution in [2.75, 3.05) is 10.6 Å². The Labute approximate surface area is 168 Å². The van der Waals surface area contributed by atoms with Gasteiger partial charge in [-0.25, -0.2) is 4.79 Å². The van der Waals surface area contributed by atoms with Crippen molar-refractivity contribution in [2.24, 2.45) is 7.05 Å². The summed E-state index contributed by atoms with van der Waals surface area (Å²) in [4.78, 5) is 20.7. The summed E-state index contributed by atoms with van der Waals surface area (Å²) in [6.07, 6.45) is 2.08. The lowest BCUT2D eigenvalue weighted by Gasteiger charge is -2.11. The number of hydrogen-bond donors (Lipinski definition) is 2. The molecule has 0 saturated heterocycles. The third-order valence-corrected chi connectivity index (χ3v) is 4.42. The predicted octanol–water partition coefficient (Wildman–Crippen LogP) is 4.69. The van der Waals surface area contributed by atoms with Crippen LogP contribution in [0.3, 0.4) is 0 Å². The van der Waals surface area contributed by atoms with E-state index < -0.39 is 17.8 Å². The molecule has 0 spiro atoms. The summed E-state index contributed by atoms with van der Waals surface area (Å²) < 4.78 is 40.1. The molecule has 30 heavy (non-hydrogen) atoms. The zero-order valence-corrected chi connectivity index (χ0v) is 15.6. The van der Waals surface area contributed by atoms with Gasteiger partial charge in [0.25, 0.3) is 0 Å². The Morgan fingerprint density at radius 3 is 2.53 bits per heavy atom. The van der Waals surface area contributed by atoms with Gasteiger partial charge in [0.2, 0.25) is 0 Å². The normalized spacial score (nSPS) is 11.5. The van der Waals surface area contributed by atoms with Crippen LogP contribution in [0, 0.1) is 0 Å². The monoisotopic (exact) mass is 412 g/mol. The Morgan fingerprint density at radius 2 is 1.80 bits per heavy atom. The van der Waals surface area contributed by atoms with Crippen molar-refractivity contribution in [1.29, 1.82) is 0 Å². The summed E-state index contributed by atoms with van der Waals surface area (Å²) in [6.45, 7) is 0. The third-order valence-electron chi connectivity index (χ3n) is 4.42. The van der Waals surface area contributed by atoms with Gasteiger partial charge in [-0.05, 0) is 30.3 Å². The van der Waals surface area contributed by atoms with E-state index in [9.17, 15) is 18.0 Å². The average Bonchev–Trinajstić information content (AvgIpc) is 3.09. The van der Waals surface area contributed by atoms with Crippen molar-refractivity contribution in [2.45, 2.75) is 6.18 Å². The number of rotatable bonds is 3. The van der Waals surface area contributed by atoms with E-state index in [0.29, 0.717) is 11.4 Å². The minimum atomic E-state index is -4.49. The van der Waals surface area contributed by atoms with Crippen LogP contribution in [0.25, 0.3) is 22.2 Å². The first-order valence-corrected chi connectivity index (χ1v) is 8.79. The van der Waals surface area contributed by atoms with E-state index in [1.54, 1.807) is 35.4 Å². The second kappa shape index (κ2) is 7.47. The second-order valence-electron chi connectivity index (χ2n) is 6.48. The molecule has 1 aromatic carbocycles. The summed E-state index contributed by atoms with van der Waals surface area (Å²) in [5, 5.41) is 10.0. The first-order chi connectivity index (χ1) is 14.3. The summed E-state index contributed by atoms with van der Waals surface area (Å²) >= 11 is 0. The number of halogens is 3. The molecule has 0 radical (unpaired) electrons.